The first-order valence-corrected chi connectivity index (χ1v) is 28.1. The van der Waals surface area contributed by atoms with Crippen molar-refractivity contribution in [3.05, 3.63) is 85.1 Å². The lowest BCUT2D eigenvalue weighted by Crippen LogP contribution is -2.30. The van der Waals surface area contributed by atoms with Gasteiger partial charge in [-0.2, -0.15) is 0 Å². The smallest absolute Gasteiger partial charge is 0.306 e. The summed E-state index contributed by atoms with van der Waals surface area (Å²) in [4.78, 5) is 38.1. The van der Waals surface area contributed by atoms with Gasteiger partial charge in [0, 0.05) is 19.3 Å². The minimum Gasteiger partial charge on any atom is -0.462 e. The fourth-order valence-corrected chi connectivity index (χ4v) is 7.69. The third-order valence-electron chi connectivity index (χ3n) is 11.9. The summed E-state index contributed by atoms with van der Waals surface area (Å²) in [5.41, 5.74) is 0. The van der Waals surface area contributed by atoms with E-state index >= 15 is 0 Å². The molecule has 1 atom stereocenters. The van der Waals surface area contributed by atoms with E-state index in [0.29, 0.717) is 19.3 Å². The number of carbonyl (C=O) groups excluding carboxylic acids is 3. The van der Waals surface area contributed by atoms with E-state index in [1.165, 1.54) is 116 Å². The first kappa shape index (κ1) is 63.6. The maximum atomic E-state index is 12.8. The molecule has 0 aromatic heterocycles. The Labute approximate surface area is 414 Å². The van der Waals surface area contributed by atoms with Crippen LogP contribution in [0, 0.1) is 0 Å². The summed E-state index contributed by atoms with van der Waals surface area (Å²) in [5, 5.41) is 0. The maximum absolute atomic E-state index is 12.8. The SMILES string of the molecule is CC/C=C\C/C=C\C/C=C\CCCCCCCCCCCC(=O)OCC(COC(=O)CCCCCCC/C=C\CCCCC)OC(=O)CCCCCCC\C=C/C=C\C=C/CCCCCCC. The molecule has 0 aliphatic rings. The Balaban J connectivity index is 4.41. The van der Waals surface area contributed by atoms with Gasteiger partial charge < -0.3 is 14.2 Å². The van der Waals surface area contributed by atoms with E-state index in [1.54, 1.807) is 0 Å². The number of rotatable bonds is 50. The second-order valence-corrected chi connectivity index (χ2v) is 18.5. The van der Waals surface area contributed by atoms with Crippen LogP contribution in [-0.4, -0.2) is 37.2 Å². The second-order valence-electron chi connectivity index (χ2n) is 18.5. The third kappa shape index (κ3) is 53.4. The first-order valence-electron chi connectivity index (χ1n) is 28.1. The highest BCUT2D eigenvalue weighted by Gasteiger charge is 2.19. The Morgan fingerprint density at radius 3 is 1.07 bits per heavy atom. The summed E-state index contributed by atoms with van der Waals surface area (Å²) in [5.74, 6) is -0.921. The van der Waals surface area contributed by atoms with Crippen molar-refractivity contribution in [2.24, 2.45) is 0 Å². The average molecular weight is 933 g/mol. The molecule has 0 rings (SSSR count). The van der Waals surface area contributed by atoms with Gasteiger partial charge in [-0.05, 0) is 103 Å². The Kier molecular flexibility index (Phi) is 52.4. The molecule has 67 heavy (non-hydrogen) atoms. The molecule has 0 fully saturated rings. The largest absolute Gasteiger partial charge is 0.462 e. The van der Waals surface area contributed by atoms with E-state index in [4.69, 9.17) is 14.2 Å². The number of hydrogen-bond donors (Lipinski definition) is 0. The van der Waals surface area contributed by atoms with Crippen LogP contribution in [-0.2, 0) is 28.6 Å². The Bertz CT molecular complexity index is 1300. The van der Waals surface area contributed by atoms with E-state index < -0.39 is 6.10 Å². The zero-order valence-corrected chi connectivity index (χ0v) is 43.9. The predicted molar refractivity (Wildman–Crippen MR) is 288 cm³/mol. The summed E-state index contributed by atoms with van der Waals surface area (Å²) in [7, 11) is 0. The van der Waals surface area contributed by atoms with Crippen LogP contribution in [0.1, 0.15) is 265 Å². The molecule has 0 saturated heterocycles. The summed E-state index contributed by atoms with van der Waals surface area (Å²) in [6, 6.07) is 0. The fraction of sp³-hybridized carbons (Fsp3) is 0.721. The van der Waals surface area contributed by atoms with Gasteiger partial charge in [0.05, 0.1) is 0 Å². The molecule has 0 amide bonds. The highest BCUT2D eigenvalue weighted by Crippen LogP contribution is 2.15. The van der Waals surface area contributed by atoms with Crippen LogP contribution in [0.5, 0.6) is 0 Å². The van der Waals surface area contributed by atoms with Gasteiger partial charge in [0.15, 0.2) is 6.10 Å². The molecule has 6 heteroatoms. The van der Waals surface area contributed by atoms with Crippen LogP contribution in [0.4, 0.5) is 0 Å². The van der Waals surface area contributed by atoms with Gasteiger partial charge in [0.1, 0.15) is 13.2 Å². The van der Waals surface area contributed by atoms with Crippen LogP contribution in [0.25, 0.3) is 0 Å². The van der Waals surface area contributed by atoms with E-state index in [2.05, 4.69) is 106 Å². The van der Waals surface area contributed by atoms with Gasteiger partial charge in [-0.3, -0.25) is 14.4 Å². The van der Waals surface area contributed by atoms with Crippen molar-refractivity contribution in [2.75, 3.05) is 13.2 Å². The molecule has 0 aromatic rings. The molecular weight excluding hydrogens is 829 g/mol. The molecule has 0 N–H and O–H groups in total. The topological polar surface area (TPSA) is 78.9 Å². The lowest BCUT2D eigenvalue weighted by Gasteiger charge is -2.18. The Hall–Kier alpha value is -3.41. The fourth-order valence-electron chi connectivity index (χ4n) is 7.69. The van der Waals surface area contributed by atoms with Crippen molar-refractivity contribution in [1.82, 2.24) is 0 Å². The second kappa shape index (κ2) is 55.2. The number of carbonyl (C=O) groups is 3. The molecule has 0 aliphatic heterocycles. The number of ether oxygens (including phenoxy) is 3. The van der Waals surface area contributed by atoms with Crippen molar-refractivity contribution >= 4 is 17.9 Å². The van der Waals surface area contributed by atoms with Gasteiger partial charge in [-0.15, -0.1) is 0 Å². The van der Waals surface area contributed by atoms with Crippen molar-refractivity contribution < 1.29 is 28.6 Å². The van der Waals surface area contributed by atoms with E-state index in [9.17, 15) is 14.4 Å². The standard InChI is InChI=1S/C61H104O6/c1-4-7-10-13-16-19-22-25-27-29-31-33-34-36-39-42-45-48-51-54-60(63)66-57-58(56-65-59(62)53-50-47-44-41-38-24-21-18-15-12-9-6-3)67-61(64)55-52-49-46-43-40-37-35-32-30-28-26-23-20-17-14-11-8-5-2/h7,10,16,18-19,21,23,25-28,30,32,35,58H,4-6,8-9,11-15,17,20,22,24,29,31,33-34,36-57H2,1-3H3/b10-7-,19-16-,21-18-,26-23-,27-25-,30-28-,35-32-. The maximum Gasteiger partial charge on any atom is 0.306 e. The van der Waals surface area contributed by atoms with Crippen LogP contribution in [0.15, 0.2) is 85.1 Å². The van der Waals surface area contributed by atoms with Gasteiger partial charge in [0.2, 0.25) is 0 Å². The molecule has 0 aliphatic carbocycles. The van der Waals surface area contributed by atoms with Crippen LogP contribution >= 0.6 is 0 Å². The number of allylic oxidation sites excluding steroid dienone is 14. The van der Waals surface area contributed by atoms with Crippen molar-refractivity contribution in [3.63, 3.8) is 0 Å². The summed E-state index contributed by atoms with van der Waals surface area (Å²) in [6.45, 7) is 6.47. The summed E-state index contributed by atoms with van der Waals surface area (Å²) < 4.78 is 16.8. The number of hydrogen-bond acceptors (Lipinski definition) is 6. The number of unbranched alkanes of at least 4 members (excludes halogenated alkanes) is 27. The molecule has 1 unspecified atom stereocenters. The van der Waals surface area contributed by atoms with Crippen LogP contribution < -0.4 is 0 Å². The number of esters is 3. The van der Waals surface area contributed by atoms with Gasteiger partial charge in [-0.1, -0.05) is 228 Å². The molecule has 0 aromatic carbocycles. The molecule has 0 bridgehead atoms. The van der Waals surface area contributed by atoms with Crippen molar-refractivity contribution in [3.8, 4) is 0 Å². The minimum atomic E-state index is -0.793. The molecule has 0 spiro atoms. The van der Waals surface area contributed by atoms with Gasteiger partial charge in [0.25, 0.3) is 0 Å². The molecule has 6 nitrogen and oxygen atoms in total. The van der Waals surface area contributed by atoms with E-state index in [1.807, 2.05) is 0 Å². The minimum absolute atomic E-state index is 0.0905. The predicted octanol–water partition coefficient (Wildman–Crippen LogP) is 18.8. The molecule has 0 heterocycles. The Morgan fingerprint density at radius 1 is 0.328 bits per heavy atom. The lowest BCUT2D eigenvalue weighted by atomic mass is 10.1. The monoisotopic (exact) mass is 933 g/mol. The lowest BCUT2D eigenvalue weighted by molar-refractivity contribution is -0.167. The molecule has 0 saturated carbocycles. The highest BCUT2D eigenvalue weighted by molar-refractivity contribution is 5.71. The summed E-state index contributed by atoms with van der Waals surface area (Å²) >= 11 is 0. The summed E-state index contributed by atoms with van der Waals surface area (Å²) in [6.07, 6.45) is 71.4. The van der Waals surface area contributed by atoms with Crippen molar-refractivity contribution in [1.29, 1.82) is 0 Å². The van der Waals surface area contributed by atoms with E-state index in [0.717, 1.165) is 109 Å². The molecular formula is C61H104O6. The molecule has 384 valence electrons. The van der Waals surface area contributed by atoms with Gasteiger partial charge >= 0.3 is 17.9 Å². The zero-order valence-electron chi connectivity index (χ0n) is 43.9. The first-order chi connectivity index (χ1) is 33.0. The van der Waals surface area contributed by atoms with Crippen molar-refractivity contribution in [2.45, 2.75) is 271 Å². The zero-order chi connectivity index (χ0) is 48.6. The van der Waals surface area contributed by atoms with Crippen LogP contribution in [0.3, 0.4) is 0 Å². The normalized spacial score (nSPS) is 12.7. The van der Waals surface area contributed by atoms with Gasteiger partial charge in [-0.25, -0.2) is 0 Å². The van der Waals surface area contributed by atoms with Crippen LogP contribution in [0.2, 0.25) is 0 Å². The average Bonchev–Trinajstić information content (AvgIpc) is 3.33. The third-order valence-corrected chi connectivity index (χ3v) is 11.9. The highest BCUT2D eigenvalue weighted by atomic mass is 16.6. The molecule has 0 radical (unpaired) electrons. The quantitative estimate of drug-likeness (QED) is 0.0199. The van der Waals surface area contributed by atoms with E-state index in [-0.39, 0.29) is 31.1 Å². The Morgan fingerprint density at radius 2 is 0.642 bits per heavy atom.